The minimum Gasteiger partial charge on any atom is -0.481 e. The van der Waals surface area contributed by atoms with Crippen LogP contribution in [0, 0.1) is 5.92 Å². The van der Waals surface area contributed by atoms with Crippen molar-refractivity contribution in [2.75, 3.05) is 102 Å². The van der Waals surface area contributed by atoms with Gasteiger partial charge >= 0.3 is 11.9 Å². The van der Waals surface area contributed by atoms with Crippen LogP contribution in [-0.2, 0) is 95.0 Å². The Balaban J connectivity index is 0.00000136. The number of pyridine rings is 1. The van der Waals surface area contributed by atoms with Crippen LogP contribution >= 0.6 is 45.1 Å². The second-order valence-corrected chi connectivity index (χ2v) is 32.2. The first-order valence-electron chi connectivity index (χ1n) is 36.5. The number of carboxylic acids is 2. The fourth-order valence-corrected chi connectivity index (χ4v) is 17.3. The number of aliphatic carboxylic acids is 2. The van der Waals surface area contributed by atoms with E-state index in [2.05, 4.69) is 10.3 Å². The Morgan fingerprint density at radius 2 is 0.754 bits per heavy atom. The maximum Gasteiger partial charge on any atom is 0.321 e. The average molecular weight is 1730 g/mol. The van der Waals surface area contributed by atoms with E-state index in [0.29, 0.717) is 0 Å². The van der Waals surface area contributed by atoms with Gasteiger partial charge in [0.25, 0.3) is 0 Å². The Bertz CT molecular complexity index is 3020. The molecule has 114 heavy (non-hydrogen) atoms. The molecule has 0 radical (unpaired) electrons. The predicted octanol–water partition coefficient (Wildman–Crippen LogP) is -11.2. The molecule has 0 spiro atoms. The number of nitrogens with one attached hydrogen (secondary N) is 1. The van der Waals surface area contributed by atoms with Gasteiger partial charge in [-0.1, -0.05) is 16.9 Å². The highest BCUT2D eigenvalue weighted by Crippen LogP contribution is 2.40. The van der Waals surface area contributed by atoms with Crippen LogP contribution in [-0.4, -0.2) is 459 Å². The summed E-state index contributed by atoms with van der Waals surface area (Å²) in [7, 11) is 4.76. The number of aliphatic hydroxyl groups is 19. The number of hydrogen-bond acceptors (Lipinski definition) is 46. The van der Waals surface area contributed by atoms with Crippen molar-refractivity contribution in [2.24, 2.45) is 11.7 Å². The minimum atomic E-state index is -2.31. The third kappa shape index (κ3) is 25.3. The van der Waals surface area contributed by atoms with Gasteiger partial charge in [-0.15, -0.1) is 0 Å². The number of hydrogen-bond donors (Lipinski definition) is 23. The van der Waals surface area contributed by atoms with E-state index in [4.69, 9.17) is 81.5 Å². The van der Waals surface area contributed by atoms with Gasteiger partial charge in [-0.2, -0.15) is 23.5 Å². The quantitative estimate of drug-likeness (QED) is 0.0242. The molecule has 21 saturated heterocycles. The minimum absolute atomic E-state index is 0.0645. The highest BCUT2D eigenvalue weighted by molar-refractivity contribution is 8.76. The normalized spacial score (nSPS) is 41.5. The third-order valence-corrected chi connectivity index (χ3v) is 24.2. The van der Waals surface area contributed by atoms with E-state index in [-0.39, 0.29) is 62.3 Å². The van der Waals surface area contributed by atoms with Crippen LogP contribution in [0.2, 0.25) is 0 Å². The van der Waals surface area contributed by atoms with Crippen LogP contribution in [0.15, 0.2) is 29.4 Å². The number of aliphatic hydroxyl groups excluding tert-OH is 19. The smallest absolute Gasteiger partial charge is 0.321 e. The molecule has 14 bridgehead atoms. The predicted molar refractivity (Wildman–Crippen MR) is 383 cm³/mol. The van der Waals surface area contributed by atoms with Gasteiger partial charge in [0.05, 0.1) is 77.6 Å². The molecule has 44 nitrogen and oxygen atoms in total. The summed E-state index contributed by atoms with van der Waals surface area (Å²) in [6, 6.07) is 4.71. The van der Waals surface area contributed by atoms with Crippen molar-refractivity contribution in [3.8, 4) is 0 Å². The van der Waals surface area contributed by atoms with Crippen molar-refractivity contribution in [1.82, 2.24) is 10.3 Å². The zero-order valence-corrected chi connectivity index (χ0v) is 64.9. The molecule has 0 amide bonds. The number of ketones is 2. The molecular weight excluding hydrogens is 1620 g/mol. The van der Waals surface area contributed by atoms with Crippen molar-refractivity contribution < 1.29 is 202 Å². The Hall–Kier alpha value is -2.65. The van der Waals surface area contributed by atoms with Crippen molar-refractivity contribution in [3.63, 3.8) is 0 Å². The van der Waals surface area contributed by atoms with E-state index in [1.54, 1.807) is 27.8 Å². The van der Waals surface area contributed by atoms with Gasteiger partial charge in [0.15, 0.2) is 44.0 Å². The number of thioether (sulfide) groups is 2. The Labute approximate surface area is 668 Å². The first-order chi connectivity index (χ1) is 54.4. The maximum atomic E-state index is 13.0. The van der Waals surface area contributed by atoms with Gasteiger partial charge in [0.1, 0.15) is 181 Å². The van der Waals surface area contributed by atoms with Gasteiger partial charge in [-0.25, -0.2) is 4.98 Å². The van der Waals surface area contributed by atoms with Crippen LogP contribution in [0.4, 0.5) is 0 Å². The molecule has 1 aromatic rings. The van der Waals surface area contributed by atoms with E-state index >= 15 is 0 Å². The van der Waals surface area contributed by atoms with E-state index in [1.165, 1.54) is 14.0 Å². The number of carbonyl (C=O) groups excluding carboxylic acids is 2. The Morgan fingerprint density at radius 3 is 1.04 bits per heavy atom. The second kappa shape index (κ2) is 47.1. The summed E-state index contributed by atoms with van der Waals surface area (Å²) in [5.41, 5.74) is 5.34. The van der Waals surface area contributed by atoms with Gasteiger partial charge in [0.2, 0.25) is 0 Å². The summed E-state index contributed by atoms with van der Waals surface area (Å²) in [5, 5.41) is 240. The number of rotatable bonds is 31. The molecule has 22 rings (SSSR count). The molecule has 656 valence electrons. The van der Waals surface area contributed by atoms with Gasteiger partial charge in [-0.05, 0) is 36.9 Å². The topological polar surface area (TPSA) is 692 Å². The number of nitrogens with two attached hydrogens (primary N) is 1. The lowest BCUT2D eigenvalue weighted by atomic mass is 9.95. The molecule has 21 aliphatic rings. The maximum absolute atomic E-state index is 13.0. The molecule has 48 heteroatoms. The summed E-state index contributed by atoms with van der Waals surface area (Å²) >= 11 is 1.66. The number of ether oxygens (including phenoxy) is 16. The summed E-state index contributed by atoms with van der Waals surface area (Å²) in [6.45, 7) is -3.18. The van der Waals surface area contributed by atoms with Gasteiger partial charge in [-0.3, -0.25) is 19.2 Å². The molecule has 0 aliphatic carbocycles. The molecule has 21 aliphatic heterocycles. The number of carboxylic acid groups (broad SMARTS) is 2. The van der Waals surface area contributed by atoms with Crippen molar-refractivity contribution in [1.29, 1.82) is 0 Å². The van der Waals surface area contributed by atoms with Gasteiger partial charge < -0.3 is 194 Å². The van der Waals surface area contributed by atoms with Crippen LogP contribution in [0.1, 0.15) is 26.2 Å². The Kier molecular flexibility index (Phi) is 40.0. The van der Waals surface area contributed by atoms with Crippen LogP contribution in [0.5, 0.6) is 0 Å². The standard InChI is InChI=1S/C59H97NO41S2.C7H10N2S2/c1-19(66)3-5-86-7-8-87-6-4-21(67)9-20(51(82)83)15-102-17-28-49-35(73)42(80)58(93-28)98-47-26(13-64)89-55(38(76)31(47)69)97-46-25(12-63)92-57(41(79)34(46)72)101-50-29(18-103-16-22(60-2)52(84)85)94-59(43(81)36(50)74)99-48-27(14-65)90-54(39(77)32(48)70)95-44-23(10-61)88-53(37(75)30(44)68)96-45-24(11-62)91-56(100-49)40(78)33(45)71;8-4-6-10-11-7-3-1-2-5-9-7/h20,22-50,53-65,68-81H,3-18H2,1-2H3,(H,82,83)(H,84,85);1-3,5H,4,6,8H2/t20-,22-,23?,24?,25?,26?,27?,28?,29?,30-,31-,32-,33-,34-,35+,36-,37?,38?,39?,40?,41?,42?,43?,44-,45-,46-,47-,48-,49-,50-,53-,54-,55+,56-,57+,58-,59+;/m1./s1. The van der Waals surface area contributed by atoms with E-state index in [9.17, 15) is 126 Å². The molecule has 14 unspecified atom stereocenters. The fraction of sp³-hybridized carbons (Fsp3) is 0.864. The third-order valence-electron chi connectivity index (χ3n) is 19.5. The van der Waals surface area contributed by atoms with E-state index < -0.39 is 290 Å². The molecule has 0 aromatic carbocycles. The lowest BCUT2D eigenvalue weighted by Crippen LogP contribution is -2.68. The second-order valence-electron chi connectivity index (χ2n) is 27.6. The number of Topliss-reactive ketones (excluding diaryl/α,β-unsaturated/α-hetero) is 2. The fourth-order valence-electron chi connectivity index (χ4n) is 13.2. The molecule has 1 aromatic heterocycles. The first kappa shape index (κ1) is 96.8. The number of aromatic nitrogens is 1. The summed E-state index contributed by atoms with van der Waals surface area (Å²) in [5.74, 6) is -5.11. The van der Waals surface area contributed by atoms with Crippen molar-refractivity contribution in [3.05, 3.63) is 24.4 Å². The number of likely N-dealkylation sites (N-methyl/N-ethyl adjacent to an activating group) is 1. The van der Waals surface area contributed by atoms with E-state index in [1.807, 2.05) is 18.2 Å². The van der Waals surface area contributed by atoms with Crippen LogP contribution in [0.25, 0.3) is 0 Å². The summed E-state index contributed by atoms with van der Waals surface area (Å²) in [6.07, 6.45) is -71.3. The molecule has 0 saturated carbocycles. The molecule has 21 fully saturated rings. The number of carbonyl (C=O) groups is 4. The van der Waals surface area contributed by atoms with Crippen molar-refractivity contribution in [2.45, 2.75) is 252 Å². The zero-order chi connectivity index (χ0) is 83.4. The average Bonchev–Trinajstić information content (AvgIpc) is 0.779. The molecular formula is C66H107N3O41S4. The van der Waals surface area contributed by atoms with Crippen molar-refractivity contribution >= 4 is 68.6 Å². The first-order valence-corrected chi connectivity index (χ1v) is 41.2. The summed E-state index contributed by atoms with van der Waals surface area (Å²) < 4.78 is 93.3. The number of nitrogens with zero attached hydrogens (tertiary/aromatic N) is 1. The highest BCUT2D eigenvalue weighted by atomic mass is 33.1. The largest absolute Gasteiger partial charge is 0.481 e. The SMILES string of the molecule is CN[C@H](CSCC1O[C@H]2O[C@@H]3C(CO)O[C@H](O[C@@H]4C(CO)O[C@H](O[C@@H]5C(CO)O[C@H](O[C@@H]6C(CSC[C@@H](CC(=O)CCOCCOCCC(C)=O)C(=O)O)O[C@H](O[C@@H]7C(CO)O[C@@H](O[C@@H]8C(CO)O[C@@H](O[C@H]1[C@H](O)C2O)C(O)[C@H]8O)C(O)[C@H]7O)C(O)[C@@H]6O)C(O)[C@H]5O)C(O)[C@H]4O)C(O)[C@H]3O)C(=O)O.NCCSSc1ccccn1. The summed E-state index contributed by atoms with van der Waals surface area (Å²) in [4.78, 5) is 52.9. The zero-order valence-electron chi connectivity index (χ0n) is 61.6. The molecule has 22 heterocycles. The van der Waals surface area contributed by atoms with Crippen LogP contribution in [0.3, 0.4) is 0 Å². The lowest BCUT2D eigenvalue weighted by molar-refractivity contribution is -0.395. The van der Waals surface area contributed by atoms with Crippen LogP contribution < -0.4 is 11.1 Å². The van der Waals surface area contributed by atoms with Gasteiger partial charge in [0, 0.05) is 60.8 Å². The molecule has 24 N–H and O–H groups in total. The molecule has 37 atom stereocenters. The highest BCUT2D eigenvalue weighted by Gasteiger charge is 2.60. The van der Waals surface area contributed by atoms with E-state index in [0.717, 1.165) is 40.8 Å². The Morgan fingerprint density at radius 1 is 0.439 bits per heavy atom. The monoisotopic (exact) mass is 1730 g/mol. The lowest BCUT2D eigenvalue weighted by Gasteiger charge is -2.50.